The molecule has 0 spiro atoms. The quantitative estimate of drug-likeness (QED) is 0.752. The summed E-state index contributed by atoms with van der Waals surface area (Å²) < 4.78 is 0. The smallest absolute Gasteiger partial charge is 0.247 e. The van der Waals surface area contributed by atoms with Crippen molar-refractivity contribution in [2.45, 2.75) is 58.9 Å². The van der Waals surface area contributed by atoms with E-state index in [1.807, 2.05) is 26.0 Å². The Labute approximate surface area is 159 Å². The highest BCUT2D eigenvalue weighted by Crippen LogP contribution is 2.37. The molecule has 1 amide bonds. The van der Waals surface area contributed by atoms with Crippen LogP contribution in [0.15, 0.2) is 18.2 Å². The summed E-state index contributed by atoms with van der Waals surface area (Å²) >= 11 is 1.58. The molecule has 1 aliphatic rings. The molecule has 0 aliphatic heterocycles. The van der Waals surface area contributed by atoms with E-state index in [0.717, 1.165) is 42.5 Å². The van der Waals surface area contributed by atoms with Crippen LogP contribution in [0.2, 0.25) is 0 Å². The van der Waals surface area contributed by atoms with Crippen molar-refractivity contribution in [2.24, 2.45) is 0 Å². The SMILES string of the molecule is Cc1cccc(N[C@H](C)C(=O)Nc2sc3c(c2C#N)CCCCC3)c1C. The minimum absolute atomic E-state index is 0.112. The van der Waals surface area contributed by atoms with Gasteiger partial charge in [0.05, 0.1) is 5.56 Å². The van der Waals surface area contributed by atoms with E-state index in [-0.39, 0.29) is 11.9 Å². The van der Waals surface area contributed by atoms with Gasteiger partial charge in [0.1, 0.15) is 17.1 Å². The molecule has 0 bridgehead atoms. The maximum Gasteiger partial charge on any atom is 0.247 e. The molecular weight excluding hydrogens is 342 g/mol. The van der Waals surface area contributed by atoms with Crippen molar-refractivity contribution < 1.29 is 4.79 Å². The van der Waals surface area contributed by atoms with E-state index in [9.17, 15) is 10.1 Å². The lowest BCUT2D eigenvalue weighted by molar-refractivity contribution is -0.116. The normalized spacial score (nSPS) is 14.7. The number of anilines is 2. The molecule has 0 saturated carbocycles. The third-order valence-corrected chi connectivity index (χ3v) is 6.35. The number of aryl methyl sites for hydroxylation is 2. The number of fused-ring (bicyclic) bond motifs is 1. The number of rotatable bonds is 4. The van der Waals surface area contributed by atoms with Crippen molar-refractivity contribution in [1.29, 1.82) is 5.26 Å². The van der Waals surface area contributed by atoms with Crippen molar-refractivity contribution in [2.75, 3.05) is 10.6 Å². The van der Waals surface area contributed by atoms with Crippen LogP contribution in [0.5, 0.6) is 0 Å². The van der Waals surface area contributed by atoms with Crippen LogP contribution in [0.4, 0.5) is 10.7 Å². The molecule has 5 heteroatoms. The minimum Gasteiger partial charge on any atom is -0.374 e. The number of thiophene rings is 1. The van der Waals surface area contributed by atoms with Crippen LogP contribution in [-0.4, -0.2) is 11.9 Å². The van der Waals surface area contributed by atoms with Gasteiger partial charge in [0.15, 0.2) is 0 Å². The van der Waals surface area contributed by atoms with E-state index in [2.05, 4.69) is 29.7 Å². The van der Waals surface area contributed by atoms with Gasteiger partial charge in [-0.05, 0) is 69.2 Å². The van der Waals surface area contributed by atoms with Crippen LogP contribution in [0.1, 0.15) is 53.3 Å². The van der Waals surface area contributed by atoms with Gasteiger partial charge in [-0.2, -0.15) is 5.26 Å². The van der Waals surface area contributed by atoms with E-state index in [0.29, 0.717) is 10.6 Å². The molecule has 2 N–H and O–H groups in total. The van der Waals surface area contributed by atoms with Gasteiger partial charge in [-0.3, -0.25) is 4.79 Å². The molecule has 1 atom stereocenters. The lowest BCUT2D eigenvalue weighted by atomic mass is 10.1. The molecular formula is C21H25N3OS. The largest absolute Gasteiger partial charge is 0.374 e. The first-order valence-corrected chi connectivity index (χ1v) is 10.0. The van der Waals surface area contributed by atoms with Crippen molar-refractivity contribution in [3.05, 3.63) is 45.3 Å². The van der Waals surface area contributed by atoms with Crippen molar-refractivity contribution in [3.8, 4) is 6.07 Å². The first-order chi connectivity index (χ1) is 12.5. The zero-order valence-corrected chi connectivity index (χ0v) is 16.4. The van der Waals surface area contributed by atoms with Crippen LogP contribution in [0.3, 0.4) is 0 Å². The van der Waals surface area contributed by atoms with E-state index < -0.39 is 0 Å². The highest BCUT2D eigenvalue weighted by atomic mass is 32.1. The molecule has 136 valence electrons. The summed E-state index contributed by atoms with van der Waals surface area (Å²) in [7, 11) is 0. The second-order valence-corrected chi connectivity index (χ2v) is 8.09. The van der Waals surface area contributed by atoms with Crippen LogP contribution >= 0.6 is 11.3 Å². The fraction of sp³-hybridized carbons (Fsp3) is 0.429. The summed E-state index contributed by atoms with van der Waals surface area (Å²) in [6.45, 7) is 5.96. The summed E-state index contributed by atoms with van der Waals surface area (Å²) in [5.41, 5.74) is 5.12. The highest BCUT2D eigenvalue weighted by Gasteiger charge is 2.22. The maximum absolute atomic E-state index is 12.7. The van der Waals surface area contributed by atoms with Gasteiger partial charge in [0.25, 0.3) is 0 Å². The standard InChI is InChI=1S/C21H25N3OS/c1-13-8-7-10-18(14(13)2)23-15(3)20(25)24-21-17(12-22)16-9-5-4-6-11-19(16)26-21/h7-8,10,15,23H,4-6,9,11H2,1-3H3,(H,24,25)/t15-/m1/s1. The topological polar surface area (TPSA) is 64.9 Å². The zero-order chi connectivity index (χ0) is 18.7. The molecule has 0 saturated heterocycles. The number of hydrogen-bond donors (Lipinski definition) is 2. The average molecular weight is 368 g/mol. The van der Waals surface area contributed by atoms with Gasteiger partial charge in [-0.25, -0.2) is 0 Å². The summed E-state index contributed by atoms with van der Waals surface area (Å²) in [5, 5.41) is 16.6. The molecule has 4 nitrogen and oxygen atoms in total. The van der Waals surface area contributed by atoms with Crippen LogP contribution in [0, 0.1) is 25.2 Å². The molecule has 1 aromatic heterocycles. The van der Waals surface area contributed by atoms with Gasteiger partial charge in [-0.1, -0.05) is 18.6 Å². The molecule has 1 heterocycles. The van der Waals surface area contributed by atoms with E-state index in [4.69, 9.17) is 0 Å². The molecule has 1 aliphatic carbocycles. The van der Waals surface area contributed by atoms with E-state index >= 15 is 0 Å². The van der Waals surface area contributed by atoms with Crippen molar-refractivity contribution in [3.63, 3.8) is 0 Å². The number of nitrogens with one attached hydrogen (secondary N) is 2. The fourth-order valence-corrected chi connectivity index (χ4v) is 4.62. The maximum atomic E-state index is 12.7. The van der Waals surface area contributed by atoms with E-state index in [1.54, 1.807) is 11.3 Å². The summed E-state index contributed by atoms with van der Waals surface area (Å²) in [4.78, 5) is 14.0. The first-order valence-electron chi connectivity index (χ1n) is 9.19. The second-order valence-electron chi connectivity index (χ2n) is 6.98. The molecule has 26 heavy (non-hydrogen) atoms. The number of carbonyl (C=O) groups excluding carboxylic acids is 1. The van der Waals surface area contributed by atoms with Gasteiger partial charge >= 0.3 is 0 Å². The molecule has 2 aromatic rings. The number of nitrogens with zero attached hydrogens (tertiary/aromatic N) is 1. The van der Waals surface area contributed by atoms with Gasteiger partial charge in [0, 0.05) is 10.6 Å². The monoisotopic (exact) mass is 367 g/mol. The number of nitriles is 1. The minimum atomic E-state index is -0.385. The summed E-state index contributed by atoms with van der Waals surface area (Å²) in [5.74, 6) is -0.112. The Morgan fingerprint density at radius 3 is 2.77 bits per heavy atom. The number of amides is 1. The predicted octanol–water partition coefficient (Wildman–Crippen LogP) is 4.94. The summed E-state index contributed by atoms with van der Waals surface area (Å²) in [6.07, 6.45) is 5.46. The van der Waals surface area contributed by atoms with Gasteiger partial charge in [0.2, 0.25) is 5.91 Å². The van der Waals surface area contributed by atoms with E-state index in [1.165, 1.54) is 16.9 Å². The Morgan fingerprint density at radius 2 is 2.00 bits per heavy atom. The Bertz CT molecular complexity index is 863. The Morgan fingerprint density at radius 1 is 1.23 bits per heavy atom. The summed E-state index contributed by atoms with van der Waals surface area (Å²) in [6, 6.07) is 7.96. The Kier molecular flexibility index (Phi) is 5.63. The fourth-order valence-electron chi connectivity index (χ4n) is 3.38. The third kappa shape index (κ3) is 3.76. The number of benzene rings is 1. The van der Waals surface area contributed by atoms with Crippen molar-refractivity contribution >= 4 is 27.9 Å². The average Bonchev–Trinajstić information content (AvgIpc) is 2.78. The molecule has 0 unspecified atom stereocenters. The molecule has 1 aromatic carbocycles. The first kappa shape index (κ1) is 18.5. The van der Waals surface area contributed by atoms with Crippen LogP contribution in [0.25, 0.3) is 0 Å². The molecule has 0 fully saturated rings. The highest BCUT2D eigenvalue weighted by molar-refractivity contribution is 7.16. The number of hydrogen-bond acceptors (Lipinski definition) is 4. The predicted molar refractivity (Wildman–Crippen MR) is 108 cm³/mol. The zero-order valence-electron chi connectivity index (χ0n) is 15.6. The van der Waals surface area contributed by atoms with Gasteiger partial charge < -0.3 is 10.6 Å². The van der Waals surface area contributed by atoms with Crippen molar-refractivity contribution in [1.82, 2.24) is 0 Å². The Balaban J connectivity index is 1.75. The molecule has 0 radical (unpaired) electrons. The lowest BCUT2D eigenvalue weighted by Gasteiger charge is -2.17. The van der Waals surface area contributed by atoms with Gasteiger partial charge in [-0.15, -0.1) is 11.3 Å². The Hall–Kier alpha value is -2.32. The number of carbonyl (C=O) groups is 1. The third-order valence-electron chi connectivity index (χ3n) is 5.14. The molecule has 3 rings (SSSR count). The lowest BCUT2D eigenvalue weighted by Crippen LogP contribution is -2.32. The van der Waals surface area contributed by atoms with Crippen LogP contribution < -0.4 is 10.6 Å². The van der Waals surface area contributed by atoms with Crippen LogP contribution in [-0.2, 0) is 17.6 Å². The second kappa shape index (κ2) is 7.92.